The molecule has 0 saturated carbocycles. The van der Waals surface area contributed by atoms with E-state index in [9.17, 15) is 0 Å². The molecule has 1 aliphatic rings. The van der Waals surface area contributed by atoms with Gasteiger partial charge in [-0.15, -0.1) is 0 Å². The molecule has 18 heavy (non-hydrogen) atoms. The average molecular weight is 240 g/mol. The van der Waals surface area contributed by atoms with Crippen molar-refractivity contribution in [3.8, 4) is 0 Å². The number of pyridine rings is 1. The number of hydrogen-bond acceptors (Lipinski definition) is 2. The summed E-state index contributed by atoms with van der Waals surface area (Å²) >= 11 is 0. The largest absolute Gasteiger partial charge is 0.313 e. The van der Waals surface area contributed by atoms with E-state index in [0.29, 0.717) is 12.0 Å². The van der Waals surface area contributed by atoms with Crippen LogP contribution in [0.5, 0.6) is 0 Å². The molecule has 1 aromatic heterocycles. The second-order valence-corrected chi connectivity index (χ2v) is 5.27. The zero-order valence-corrected chi connectivity index (χ0v) is 11.1. The van der Waals surface area contributed by atoms with Crippen molar-refractivity contribution < 1.29 is 0 Å². The average Bonchev–Trinajstić information content (AvgIpc) is 2.86. The third-order valence-corrected chi connectivity index (χ3v) is 4.07. The fraction of sp³-hybridized carbons (Fsp3) is 0.438. The maximum Gasteiger partial charge on any atom is 0.0705 e. The second kappa shape index (κ2) is 4.69. The highest BCUT2D eigenvalue weighted by Crippen LogP contribution is 2.31. The second-order valence-electron chi connectivity index (χ2n) is 5.27. The normalized spacial score (nSPS) is 23.7. The summed E-state index contributed by atoms with van der Waals surface area (Å²) in [5, 5.41) is 4.86. The summed E-state index contributed by atoms with van der Waals surface area (Å²) < 4.78 is 0. The van der Waals surface area contributed by atoms with E-state index in [4.69, 9.17) is 0 Å². The Morgan fingerprint density at radius 3 is 3.00 bits per heavy atom. The molecular formula is C16H20N2. The number of aromatic nitrogens is 1. The van der Waals surface area contributed by atoms with Crippen molar-refractivity contribution >= 4 is 10.9 Å². The minimum Gasteiger partial charge on any atom is -0.313 e. The van der Waals surface area contributed by atoms with E-state index in [-0.39, 0.29) is 0 Å². The molecule has 1 N–H and O–H groups in total. The number of hydrogen-bond donors (Lipinski definition) is 1. The standard InChI is InChI=1S/C16H20N2/c1-3-15-14(8-9-17-15)12-6-7-16-13(10-12)5-4-11(2)18-16/h4-7,10,14-15,17H,3,8-9H2,1-2H3. The Balaban J connectivity index is 2.00. The summed E-state index contributed by atoms with van der Waals surface area (Å²) in [6, 6.07) is 11.7. The lowest BCUT2D eigenvalue weighted by molar-refractivity contribution is 0.532. The van der Waals surface area contributed by atoms with Crippen molar-refractivity contribution in [1.82, 2.24) is 10.3 Å². The number of benzene rings is 1. The molecule has 2 unspecified atom stereocenters. The van der Waals surface area contributed by atoms with Gasteiger partial charge in [-0.2, -0.15) is 0 Å². The Morgan fingerprint density at radius 1 is 1.28 bits per heavy atom. The topological polar surface area (TPSA) is 24.9 Å². The minimum absolute atomic E-state index is 0.640. The third-order valence-electron chi connectivity index (χ3n) is 4.07. The summed E-state index contributed by atoms with van der Waals surface area (Å²) in [5.41, 5.74) is 3.66. The predicted molar refractivity (Wildman–Crippen MR) is 75.9 cm³/mol. The number of nitrogens with zero attached hydrogens (tertiary/aromatic N) is 1. The Morgan fingerprint density at radius 2 is 2.17 bits per heavy atom. The highest BCUT2D eigenvalue weighted by molar-refractivity contribution is 5.79. The van der Waals surface area contributed by atoms with Gasteiger partial charge in [0, 0.05) is 23.0 Å². The van der Waals surface area contributed by atoms with E-state index in [1.54, 1.807) is 0 Å². The molecule has 94 valence electrons. The molecule has 1 aliphatic heterocycles. The molecule has 1 aromatic carbocycles. The molecule has 2 atom stereocenters. The first kappa shape index (κ1) is 11.7. The van der Waals surface area contributed by atoms with Crippen molar-refractivity contribution in [2.24, 2.45) is 0 Å². The Labute approximate surface area is 108 Å². The molecule has 0 aliphatic carbocycles. The summed E-state index contributed by atoms with van der Waals surface area (Å²) in [6.07, 6.45) is 2.46. The van der Waals surface area contributed by atoms with E-state index in [1.807, 2.05) is 6.92 Å². The lowest BCUT2D eigenvalue weighted by Gasteiger charge is -2.18. The molecule has 2 heterocycles. The molecule has 2 aromatic rings. The van der Waals surface area contributed by atoms with Crippen LogP contribution in [0.25, 0.3) is 10.9 Å². The van der Waals surface area contributed by atoms with Gasteiger partial charge in [-0.25, -0.2) is 0 Å². The van der Waals surface area contributed by atoms with Gasteiger partial charge in [0.05, 0.1) is 5.52 Å². The first-order valence-electron chi connectivity index (χ1n) is 6.88. The molecule has 0 spiro atoms. The lowest BCUT2D eigenvalue weighted by Crippen LogP contribution is -2.24. The van der Waals surface area contributed by atoms with Gasteiger partial charge in [0.15, 0.2) is 0 Å². The smallest absolute Gasteiger partial charge is 0.0705 e. The zero-order valence-electron chi connectivity index (χ0n) is 11.1. The summed E-state index contributed by atoms with van der Waals surface area (Å²) in [7, 11) is 0. The van der Waals surface area contributed by atoms with Crippen LogP contribution in [0, 0.1) is 6.92 Å². The van der Waals surface area contributed by atoms with Crippen LogP contribution in [0.4, 0.5) is 0 Å². The van der Waals surface area contributed by atoms with Gasteiger partial charge in [0.2, 0.25) is 0 Å². The van der Waals surface area contributed by atoms with Crippen LogP contribution in [-0.2, 0) is 0 Å². The zero-order chi connectivity index (χ0) is 12.5. The monoisotopic (exact) mass is 240 g/mol. The number of nitrogens with one attached hydrogen (secondary N) is 1. The summed E-state index contributed by atoms with van der Waals surface area (Å²) in [4.78, 5) is 4.57. The van der Waals surface area contributed by atoms with Crippen LogP contribution < -0.4 is 5.32 Å². The van der Waals surface area contributed by atoms with E-state index >= 15 is 0 Å². The fourth-order valence-corrected chi connectivity index (χ4v) is 3.07. The molecule has 1 fully saturated rings. The molecule has 0 bridgehead atoms. The van der Waals surface area contributed by atoms with Gasteiger partial charge in [-0.3, -0.25) is 4.98 Å². The SMILES string of the molecule is CCC1NCCC1c1ccc2nc(C)ccc2c1. The van der Waals surface area contributed by atoms with Crippen molar-refractivity contribution in [2.45, 2.75) is 38.6 Å². The highest BCUT2D eigenvalue weighted by Gasteiger charge is 2.26. The van der Waals surface area contributed by atoms with Crippen LogP contribution in [0.2, 0.25) is 0 Å². The van der Waals surface area contributed by atoms with Gasteiger partial charge in [-0.1, -0.05) is 19.1 Å². The van der Waals surface area contributed by atoms with E-state index in [2.05, 4.69) is 47.6 Å². The molecule has 0 amide bonds. The van der Waals surface area contributed by atoms with E-state index < -0.39 is 0 Å². The third kappa shape index (κ3) is 2.01. The van der Waals surface area contributed by atoms with Crippen molar-refractivity contribution in [2.75, 3.05) is 6.54 Å². The number of rotatable bonds is 2. The minimum atomic E-state index is 0.640. The number of aryl methyl sites for hydroxylation is 1. The molecule has 2 heteroatoms. The van der Waals surface area contributed by atoms with Gasteiger partial charge in [0.1, 0.15) is 0 Å². The van der Waals surface area contributed by atoms with Crippen LogP contribution >= 0.6 is 0 Å². The van der Waals surface area contributed by atoms with Crippen molar-refractivity contribution in [3.05, 3.63) is 41.6 Å². The lowest BCUT2D eigenvalue weighted by atomic mass is 9.90. The highest BCUT2D eigenvalue weighted by atomic mass is 14.9. The predicted octanol–water partition coefficient (Wildman–Crippen LogP) is 3.40. The van der Waals surface area contributed by atoms with Gasteiger partial charge < -0.3 is 5.32 Å². The first-order valence-corrected chi connectivity index (χ1v) is 6.88. The van der Waals surface area contributed by atoms with Crippen molar-refractivity contribution in [1.29, 1.82) is 0 Å². The maximum atomic E-state index is 4.57. The Bertz CT molecular complexity index is 562. The van der Waals surface area contributed by atoms with Crippen molar-refractivity contribution in [3.63, 3.8) is 0 Å². The van der Waals surface area contributed by atoms with Crippen LogP contribution in [-0.4, -0.2) is 17.6 Å². The fourth-order valence-electron chi connectivity index (χ4n) is 3.07. The Hall–Kier alpha value is -1.41. The van der Waals surface area contributed by atoms with E-state index in [0.717, 1.165) is 17.8 Å². The molecule has 2 nitrogen and oxygen atoms in total. The summed E-state index contributed by atoms with van der Waals surface area (Å²) in [6.45, 7) is 5.46. The van der Waals surface area contributed by atoms with Crippen LogP contribution in [0.1, 0.15) is 36.9 Å². The quantitative estimate of drug-likeness (QED) is 0.870. The van der Waals surface area contributed by atoms with E-state index in [1.165, 1.54) is 23.8 Å². The molecule has 1 saturated heterocycles. The molecule has 3 rings (SSSR count). The molecular weight excluding hydrogens is 220 g/mol. The van der Waals surface area contributed by atoms with Gasteiger partial charge >= 0.3 is 0 Å². The summed E-state index contributed by atoms with van der Waals surface area (Å²) in [5.74, 6) is 0.667. The van der Waals surface area contributed by atoms with Crippen LogP contribution in [0.3, 0.4) is 0 Å². The van der Waals surface area contributed by atoms with Crippen LogP contribution in [0.15, 0.2) is 30.3 Å². The maximum absolute atomic E-state index is 4.57. The Kier molecular flexibility index (Phi) is 3.04. The van der Waals surface area contributed by atoms with Gasteiger partial charge in [0.25, 0.3) is 0 Å². The number of fused-ring (bicyclic) bond motifs is 1. The molecule has 0 radical (unpaired) electrons. The first-order chi connectivity index (χ1) is 8.78. The van der Waals surface area contributed by atoms with Gasteiger partial charge in [-0.05, 0) is 50.1 Å².